The lowest BCUT2D eigenvalue weighted by atomic mass is 10.1. The molecule has 2 amide bonds. The maximum atomic E-state index is 13.6. The molecule has 0 aliphatic carbocycles. The third kappa shape index (κ3) is 9.41. The van der Waals surface area contributed by atoms with Crippen molar-refractivity contribution in [1.29, 1.82) is 0 Å². The van der Waals surface area contributed by atoms with E-state index >= 15 is 0 Å². The number of carbonyl (C=O) groups is 2. The molecule has 214 valence electrons. The van der Waals surface area contributed by atoms with Crippen LogP contribution in [0.1, 0.15) is 38.8 Å². The van der Waals surface area contributed by atoms with Crippen LogP contribution < -0.4 is 14.4 Å². The maximum Gasteiger partial charge on any atom is 0.244 e. The lowest BCUT2D eigenvalue weighted by Gasteiger charge is -2.33. The fourth-order valence-electron chi connectivity index (χ4n) is 4.11. The third-order valence-electron chi connectivity index (χ3n) is 6.20. The highest BCUT2D eigenvalue weighted by Crippen LogP contribution is 2.23. The highest BCUT2D eigenvalue weighted by Gasteiger charge is 2.31. The summed E-state index contributed by atoms with van der Waals surface area (Å²) in [7, 11) is -3.81. The summed E-state index contributed by atoms with van der Waals surface area (Å²) in [6.45, 7) is 7.45. The van der Waals surface area contributed by atoms with E-state index in [1.807, 2.05) is 81.4 Å². The number of hydrogen-bond donors (Lipinski definition) is 1. The number of nitrogens with zero attached hydrogens (tertiary/aromatic N) is 2. The summed E-state index contributed by atoms with van der Waals surface area (Å²) < 4.78 is 32.5. The molecular formula is C31H39N3O5S. The molecule has 0 radical (unpaired) electrons. The first kappa shape index (κ1) is 30.7. The minimum absolute atomic E-state index is 0.255. The number of hydrogen-bond acceptors (Lipinski definition) is 5. The summed E-state index contributed by atoms with van der Waals surface area (Å²) in [5, 5.41) is 2.92. The Balaban J connectivity index is 1.79. The Morgan fingerprint density at radius 3 is 1.95 bits per heavy atom. The molecule has 3 rings (SSSR count). The molecular weight excluding hydrogens is 526 g/mol. The normalized spacial score (nSPS) is 12.3. The zero-order valence-corrected chi connectivity index (χ0v) is 24.6. The molecule has 0 saturated carbocycles. The molecule has 1 N–H and O–H groups in total. The fraction of sp³-hybridized carbons (Fsp3) is 0.355. The third-order valence-corrected chi connectivity index (χ3v) is 7.34. The Labute approximate surface area is 238 Å². The van der Waals surface area contributed by atoms with Crippen LogP contribution in [0.2, 0.25) is 0 Å². The number of anilines is 1. The molecule has 1 unspecified atom stereocenters. The van der Waals surface area contributed by atoms with Crippen molar-refractivity contribution in [3.8, 4) is 5.75 Å². The number of ether oxygens (including phenoxy) is 1. The summed E-state index contributed by atoms with van der Waals surface area (Å²) in [6, 6.07) is 25.1. The van der Waals surface area contributed by atoms with E-state index in [1.165, 1.54) is 4.90 Å². The first-order valence-electron chi connectivity index (χ1n) is 13.2. The van der Waals surface area contributed by atoms with Gasteiger partial charge in [0, 0.05) is 12.1 Å². The average Bonchev–Trinajstić information content (AvgIpc) is 2.90. The molecule has 3 aromatic rings. The van der Waals surface area contributed by atoms with E-state index in [-0.39, 0.29) is 12.5 Å². The van der Waals surface area contributed by atoms with Gasteiger partial charge in [-0.2, -0.15) is 0 Å². The zero-order valence-electron chi connectivity index (χ0n) is 23.8. The Hall–Kier alpha value is -3.85. The molecule has 0 spiro atoms. The largest absolute Gasteiger partial charge is 0.489 e. The number of nitrogens with one attached hydrogen (secondary N) is 1. The van der Waals surface area contributed by atoms with Crippen molar-refractivity contribution in [3.05, 3.63) is 96.1 Å². The van der Waals surface area contributed by atoms with E-state index in [0.717, 1.165) is 21.7 Å². The topological polar surface area (TPSA) is 96.0 Å². The molecule has 9 heteroatoms. The van der Waals surface area contributed by atoms with Gasteiger partial charge in [-0.05, 0) is 69.5 Å². The van der Waals surface area contributed by atoms with Gasteiger partial charge in [0.2, 0.25) is 21.8 Å². The number of sulfonamides is 1. The molecule has 40 heavy (non-hydrogen) atoms. The second-order valence-electron chi connectivity index (χ2n) is 10.8. The zero-order chi connectivity index (χ0) is 29.3. The molecule has 0 bridgehead atoms. The van der Waals surface area contributed by atoms with Crippen molar-refractivity contribution in [2.45, 2.75) is 52.3 Å². The van der Waals surface area contributed by atoms with Gasteiger partial charge < -0.3 is 15.0 Å². The number of rotatable bonds is 12. The molecule has 0 aliphatic heterocycles. The van der Waals surface area contributed by atoms with Crippen molar-refractivity contribution in [3.63, 3.8) is 0 Å². The Kier molecular flexibility index (Phi) is 10.3. The molecule has 8 nitrogen and oxygen atoms in total. The lowest BCUT2D eigenvalue weighted by molar-refractivity contribution is -0.139. The second kappa shape index (κ2) is 13.5. The molecule has 0 saturated heterocycles. The van der Waals surface area contributed by atoms with Gasteiger partial charge in [-0.15, -0.1) is 0 Å². The Morgan fingerprint density at radius 1 is 0.875 bits per heavy atom. The Morgan fingerprint density at radius 2 is 1.43 bits per heavy atom. The first-order chi connectivity index (χ1) is 18.8. The van der Waals surface area contributed by atoms with E-state index in [4.69, 9.17) is 4.74 Å². The fourth-order valence-corrected chi connectivity index (χ4v) is 4.96. The molecule has 0 aromatic heterocycles. The van der Waals surface area contributed by atoms with Crippen LogP contribution in [0, 0.1) is 0 Å². The van der Waals surface area contributed by atoms with Crippen LogP contribution in [0.15, 0.2) is 84.9 Å². The minimum atomic E-state index is -3.81. The smallest absolute Gasteiger partial charge is 0.244 e. The van der Waals surface area contributed by atoms with Crippen LogP contribution in [0.5, 0.6) is 5.75 Å². The van der Waals surface area contributed by atoms with Gasteiger partial charge in [0.25, 0.3) is 0 Å². The predicted octanol–water partition coefficient (Wildman–Crippen LogP) is 4.41. The van der Waals surface area contributed by atoms with Crippen molar-refractivity contribution in [2.75, 3.05) is 23.7 Å². The van der Waals surface area contributed by atoms with Crippen molar-refractivity contribution in [2.24, 2.45) is 0 Å². The highest BCUT2D eigenvalue weighted by molar-refractivity contribution is 7.92. The van der Waals surface area contributed by atoms with E-state index in [1.54, 1.807) is 31.2 Å². The summed E-state index contributed by atoms with van der Waals surface area (Å²) in [5.41, 5.74) is 1.87. The van der Waals surface area contributed by atoms with Gasteiger partial charge in [-0.3, -0.25) is 13.9 Å². The van der Waals surface area contributed by atoms with Crippen molar-refractivity contribution >= 4 is 27.5 Å². The molecule has 0 fully saturated rings. The van der Waals surface area contributed by atoms with E-state index < -0.39 is 34.1 Å². The predicted molar refractivity (Wildman–Crippen MR) is 159 cm³/mol. The Bertz CT molecular complexity index is 1360. The van der Waals surface area contributed by atoms with Crippen LogP contribution in [-0.4, -0.2) is 56.1 Å². The SMILES string of the molecule is CC(C(=O)NC(C)(C)C)N(CCc1ccccc1)C(=O)CN(c1ccc(OCc2ccccc2)cc1)S(C)(=O)=O. The second-order valence-corrected chi connectivity index (χ2v) is 12.7. The van der Waals surface area contributed by atoms with Gasteiger partial charge in [0.1, 0.15) is 24.9 Å². The standard InChI is InChI=1S/C31H39N3O5S/c1-24(30(36)32-31(2,3)4)33(21-20-25-12-8-6-9-13-25)29(35)22-34(40(5,37)38)27-16-18-28(19-17-27)39-23-26-14-10-7-11-15-26/h6-19,24H,20-23H2,1-5H3,(H,32,36). The van der Waals surface area contributed by atoms with Crippen LogP contribution in [0.4, 0.5) is 5.69 Å². The minimum Gasteiger partial charge on any atom is -0.489 e. The van der Waals surface area contributed by atoms with Crippen molar-refractivity contribution in [1.82, 2.24) is 10.2 Å². The van der Waals surface area contributed by atoms with Gasteiger partial charge in [0.15, 0.2) is 0 Å². The van der Waals surface area contributed by atoms with Crippen molar-refractivity contribution < 1.29 is 22.7 Å². The van der Waals surface area contributed by atoms with Crippen LogP contribution in [-0.2, 0) is 32.6 Å². The average molecular weight is 566 g/mol. The maximum absolute atomic E-state index is 13.6. The number of carbonyl (C=O) groups excluding carboxylic acids is 2. The quantitative estimate of drug-likeness (QED) is 0.351. The molecule has 1 atom stereocenters. The molecule has 3 aromatic carbocycles. The summed E-state index contributed by atoms with van der Waals surface area (Å²) >= 11 is 0. The van der Waals surface area contributed by atoms with Crippen LogP contribution in [0.25, 0.3) is 0 Å². The lowest BCUT2D eigenvalue weighted by Crippen LogP contribution is -2.55. The van der Waals surface area contributed by atoms with Gasteiger partial charge in [0.05, 0.1) is 11.9 Å². The van der Waals surface area contributed by atoms with E-state index in [9.17, 15) is 18.0 Å². The van der Waals surface area contributed by atoms with Gasteiger partial charge >= 0.3 is 0 Å². The summed E-state index contributed by atoms with van der Waals surface area (Å²) in [4.78, 5) is 28.1. The van der Waals surface area contributed by atoms with E-state index in [2.05, 4.69) is 5.32 Å². The molecule has 0 aliphatic rings. The van der Waals surface area contributed by atoms with Crippen LogP contribution in [0.3, 0.4) is 0 Å². The van der Waals surface area contributed by atoms with E-state index in [0.29, 0.717) is 24.5 Å². The highest BCUT2D eigenvalue weighted by atomic mass is 32.2. The number of benzene rings is 3. The summed E-state index contributed by atoms with van der Waals surface area (Å²) in [5.74, 6) is -0.202. The first-order valence-corrected chi connectivity index (χ1v) is 15.1. The van der Waals surface area contributed by atoms with Crippen LogP contribution >= 0.6 is 0 Å². The monoisotopic (exact) mass is 565 g/mol. The molecule has 0 heterocycles. The van der Waals surface area contributed by atoms with Gasteiger partial charge in [-0.25, -0.2) is 8.42 Å². The van der Waals surface area contributed by atoms with Gasteiger partial charge in [-0.1, -0.05) is 60.7 Å². The number of amides is 2. The summed E-state index contributed by atoms with van der Waals surface area (Å²) in [6.07, 6.45) is 1.58.